The molecule has 2 aromatic carbocycles. The zero-order chi connectivity index (χ0) is 21.3. The van der Waals surface area contributed by atoms with Crippen LogP contribution < -0.4 is 4.90 Å². The van der Waals surface area contributed by atoms with E-state index >= 15 is 0 Å². The number of hydrogen-bond acceptors (Lipinski definition) is 3. The fraction of sp³-hybridized carbons (Fsp3) is 0.385. The number of rotatable bonds is 5. The topological polar surface area (TPSA) is 40.6 Å². The highest BCUT2D eigenvalue weighted by Crippen LogP contribution is 2.51. The fourth-order valence-corrected chi connectivity index (χ4v) is 5.15. The van der Waals surface area contributed by atoms with Crippen LogP contribution in [-0.2, 0) is 16.1 Å². The van der Waals surface area contributed by atoms with Crippen LogP contribution >= 0.6 is 0 Å². The van der Waals surface area contributed by atoms with Crippen LogP contribution in [0.1, 0.15) is 36.8 Å². The Labute approximate surface area is 179 Å². The Kier molecular flexibility index (Phi) is 5.50. The van der Waals surface area contributed by atoms with Crippen LogP contribution in [0.3, 0.4) is 0 Å². The van der Waals surface area contributed by atoms with Crippen LogP contribution in [0.15, 0.2) is 61.2 Å². The van der Waals surface area contributed by atoms with E-state index in [1.807, 2.05) is 49.3 Å². The maximum atomic E-state index is 13.7. The van der Waals surface area contributed by atoms with Crippen molar-refractivity contribution in [1.82, 2.24) is 4.90 Å². The van der Waals surface area contributed by atoms with E-state index in [4.69, 9.17) is 0 Å². The van der Waals surface area contributed by atoms with E-state index in [1.54, 1.807) is 0 Å². The number of likely N-dealkylation sites (tertiary alicyclic amines) is 1. The lowest BCUT2D eigenvalue weighted by atomic mass is 9.64. The standard InChI is InChI=1S/C26H30N2O2/c1-19(21-11-13-22(14-12-21)27(2)3)23-15-17-28(18-20-8-5-4-6-9-20)25(30)26(23)16-7-10-24(26)29/h4-6,8-9,11-14,23H,1,7,10,15-18H2,2-3H3/t23-,26+/m0/s1. The van der Waals surface area contributed by atoms with Crippen molar-refractivity contribution in [2.75, 3.05) is 25.5 Å². The number of anilines is 1. The van der Waals surface area contributed by atoms with Gasteiger partial charge in [0.1, 0.15) is 11.2 Å². The minimum Gasteiger partial charge on any atom is -0.378 e. The number of ketones is 1. The van der Waals surface area contributed by atoms with Crippen LogP contribution in [0, 0.1) is 11.3 Å². The third kappa shape index (κ3) is 3.45. The van der Waals surface area contributed by atoms with Crippen LogP contribution in [-0.4, -0.2) is 37.2 Å². The number of benzene rings is 2. The van der Waals surface area contributed by atoms with Gasteiger partial charge in [-0.05, 0) is 48.1 Å². The van der Waals surface area contributed by atoms with E-state index in [0.29, 0.717) is 25.9 Å². The van der Waals surface area contributed by atoms with E-state index in [1.165, 1.54) is 0 Å². The van der Waals surface area contributed by atoms with Gasteiger partial charge in [0.05, 0.1) is 0 Å². The van der Waals surface area contributed by atoms with Gasteiger partial charge in [0.15, 0.2) is 0 Å². The van der Waals surface area contributed by atoms with Crippen molar-refractivity contribution < 1.29 is 9.59 Å². The number of carbonyl (C=O) groups is 2. The van der Waals surface area contributed by atoms with E-state index < -0.39 is 5.41 Å². The molecule has 1 aliphatic carbocycles. The highest BCUT2D eigenvalue weighted by atomic mass is 16.2. The smallest absolute Gasteiger partial charge is 0.237 e. The van der Waals surface area contributed by atoms with Gasteiger partial charge in [-0.15, -0.1) is 0 Å². The predicted octanol–water partition coefficient (Wildman–Crippen LogP) is 4.55. The van der Waals surface area contributed by atoms with Gasteiger partial charge in [-0.1, -0.05) is 49.0 Å². The molecule has 1 saturated heterocycles. The number of Topliss-reactive ketones (excluding diaryl/α,β-unsaturated/α-hetero) is 1. The average molecular weight is 403 g/mol. The summed E-state index contributed by atoms with van der Waals surface area (Å²) in [5, 5.41) is 0. The average Bonchev–Trinajstić information content (AvgIpc) is 3.13. The van der Waals surface area contributed by atoms with Crippen molar-refractivity contribution in [2.45, 2.75) is 32.2 Å². The molecule has 2 aliphatic rings. The lowest BCUT2D eigenvalue weighted by molar-refractivity contribution is -0.155. The molecule has 0 unspecified atom stereocenters. The van der Waals surface area contributed by atoms with Gasteiger partial charge in [-0.3, -0.25) is 9.59 Å². The molecule has 2 fully saturated rings. The second-order valence-corrected chi connectivity index (χ2v) is 8.77. The molecule has 2 atom stereocenters. The number of carbonyl (C=O) groups excluding carboxylic acids is 2. The maximum absolute atomic E-state index is 13.7. The van der Waals surface area contributed by atoms with E-state index in [-0.39, 0.29) is 17.6 Å². The van der Waals surface area contributed by atoms with Crippen molar-refractivity contribution in [3.63, 3.8) is 0 Å². The van der Waals surface area contributed by atoms with Crippen LogP contribution in [0.25, 0.3) is 5.57 Å². The van der Waals surface area contributed by atoms with Gasteiger partial charge >= 0.3 is 0 Å². The largest absolute Gasteiger partial charge is 0.378 e. The summed E-state index contributed by atoms with van der Waals surface area (Å²) < 4.78 is 0. The number of amides is 1. The Hall–Kier alpha value is -2.88. The summed E-state index contributed by atoms with van der Waals surface area (Å²) in [4.78, 5) is 30.8. The first kappa shape index (κ1) is 20.4. The number of allylic oxidation sites excluding steroid dienone is 1. The molecule has 1 heterocycles. The first-order chi connectivity index (χ1) is 14.4. The summed E-state index contributed by atoms with van der Waals surface area (Å²) in [5.74, 6) is -0.0327. The van der Waals surface area contributed by atoms with Gasteiger partial charge in [-0.2, -0.15) is 0 Å². The monoisotopic (exact) mass is 402 g/mol. The zero-order valence-corrected chi connectivity index (χ0v) is 17.9. The molecular weight excluding hydrogens is 372 g/mol. The Morgan fingerprint density at radius 3 is 2.40 bits per heavy atom. The summed E-state index contributed by atoms with van der Waals surface area (Å²) in [6.07, 6.45) is 2.69. The van der Waals surface area contributed by atoms with Crippen LogP contribution in [0.5, 0.6) is 0 Å². The van der Waals surface area contributed by atoms with Crippen molar-refractivity contribution >= 4 is 23.0 Å². The molecule has 156 valence electrons. The van der Waals surface area contributed by atoms with E-state index in [9.17, 15) is 9.59 Å². The predicted molar refractivity (Wildman–Crippen MR) is 121 cm³/mol. The minimum atomic E-state index is -0.940. The lowest BCUT2D eigenvalue weighted by Crippen LogP contribution is -2.55. The number of piperidine rings is 1. The van der Waals surface area contributed by atoms with Crippen molar-refractivity contribution in [1.29, 1.82) is 0 Å². The summed E-state index contributed by atoms with van der Waals surface area (Å²) in [6, 6.07) is 18.3. The molecule has 0 N–H and O–H groups in total. The Balaban J connectivity index is 1.63. The molecule has 4 heteroatoms. The highest BCUT2D eigenvalue weighted by molar-refractivity contribution is 6.09. The molecule has 1 amide bonds. The van der Waals surface area contributed by atoms with Crippen molar-refractivity contribution in [3.8, 4) is 0 Å². The van der Waals surface area contributed by atoms with E-state index in [2.05, 4.69) is 35.7 Å². The molecule has 0 aromatic heterocycles. The van der Waals surface area contributed by atoms with Crippen LogP contribution in [0.2, 0.25) is 0 Å². The molecule has 1 aliphatic heterocycles. The summed E-state index contributed by atoms with van der Waals surface area (Å²) in [5.41, 5.74) is 3.22. The molecule has 0 bridgehead atoms. The second-order valence-electron chi connectivity index (χ2n) is 8.77. The second kappa shape index (κ2) is 8.10. The van der Waals surface area contributed by atoms with Gasteiger partial charge in [0.25, 0.3) is 0 Å². The van der Waals surface area contributed by atoms with E-state index in [0.717, 1.165) is 35.2 Å². The van der Waals surface area contributed by atoms with Crippen molar-refractivity contribution in [3.05, 3.63) is 72.3 Å². The molecule has 4 nitrogen and oxygen atoms in total. The summed E-state index contributed by atoms with van der Waals surface area (Å²) in [7, 11) is 4.02. The Bertz CT molecular complexity index is 949. The lowest BCUT2D eigenvalue weighted by Gasteiger charge is -2.45. The Morgan fingerprint density at radius 1 is 1.10 bits per heavy atom. The quantitative estimate of drug-likeness (QED) is 0.689. The molecule has 2 aromatic rings. The van der Waals surface area contributed by atoms with Gasteiger partial charge in [0, 0.05) is 45.2 Å². The maximum Gasteiger partial charge on any atom is 0.237 e. The minimum absolute atomic E-state index is 0.00355. The number of nitrogens with zero attached hydrogens (tertiary/aromatic N) is 2. The van der Waals surface area contributed by atoms with Gasteiger partial charge < -0.3 is 9.80 Å². The summed E-state index contributed by atoms with van der Waals surface area (Å²) >= 11 is 0. The first-order valence-corrected chi connectivity index (χ1v) is 10.8. The van der Waals surface area contributed by atoms with Crippen LogP contribution in [0.4, 0.5) is 5.69 Å². The fourth-order valence-electron chi connectivity index (χ4n) is 5.15. The third-order valence-corrected chi connectivity index (χ3v) is 6.82. The van der Waals surface area contributed by atoms with Gasteiger partial charge in [-0.25, -0.2) is 0 Å². The summed E-state index contributed by atoms with van der Waals surface area (Å²) in [6.45, 7) is 5.60. The third-order valence-electron chi connectivity index (χ3n) is 6.82. The SMILES string of the molecule is C=C(c1ccc(N(C)C)cc1)[C@@H]1CCN(Cc2ccccc2)C(=O)[C@]12CCCC2=O. The molecule has 1 saturated carbocycles. The zero-order valence-electron chi connectivity index (χ0n) is 17.9. The molecular formula is C26H30N2O2. The normalized spacial score (nSPS) is 23.8. The molecule has 30 heavy (non-hydrogen) atoms. The first-order valence-electron chi connectivity index (χ1n) is 10.8. The Morgan fingerprint density at radius 2 is 1.80 bits per heavy atom. The molecule has 0 radical (unpaired) electrons. The number of hydrogen-bond donors (Lipinski definition) is 0. The highest BCUT2D eigenvalue weighted by Gasteiger charge is 2.58. The van der Waals surface area contributed by atoms with Crippen molar-refractivity contribution in [2.24, 2.45) is 11.3 Å². The van der Waals surface area contributed by atoms with Gasteiger partial charge in [0.2, 0.25) is 5.91 Å². The molecule has 1 spiro atoms. The molecule has 4 rings (SSSR count).